The molecule has 1 aromatic heterocycles. The Kier molecular flexibility index (Phi) is 6.17. The Morgan fingerprint density at radius 2 is 1.96 bits per heavy atom. The molecule has 1 amide bonds. The molecule has 6 nitrogen and oxygen atoms in total. The Balaban J connectivity index is 1.53. The van der Waals surface area contributed by atoms with E-state index in [2.05, 4.69) is 14.9 Å². The number of methoxy groups -OCH3 is 1. The lowest BCUT2D eigenvalue weighted by Gasteiger charge is -2.45. The molecule has 3 heterocycles. The highest BCUT2D eigenvalue weighted by atomic mass is 16.5. The zero-order chi connectivity index (χ0) is 19.3. The summed E-state index contributed by atoms with van der Waals surface area (Å²) in [6, 6.07) is 6.24. The molecule has 150 valence electrons. The van der Waals surface area contributed by atoms with Crippen LogP contribution in [0.5, 0.6) is 0 Å². The van der Waals surface area contributed by atoms with Gasteiger partial charge in [-0.2, -0.15) is 0 Å². The molecular formula is C22H30N4O2. The van der Waals surface area contributed by atoms with Crippen LogP contribution in [-0.4, -0.2) is 71.6 Å². The SMILES string of the molecule is COCCN(C[C@@H]1CCCN2CCCC[C@H]12)C(=O)c1ccc2nccnc2c1. The second-order valence-electron chi connectivity index (χ2n) is 8.01. The Morgan fingerprint density at radius 3 is 2.82 bits per heavy atom. The zero-order valence-electron chi connectivity index (χ0n) is 16.7. The van der Waals surface area contributed by atoms with Gasteiger partial charge in [0, 0.05) is 44.2 Å². The number of hydrogen-bond donors (Lipinski definition) is 0. The third kappa shape index (κ3) is 4.18. The van der Waals surface area contributed by atoms with E-state index in [9.17, 15) is 4.79 Å². The van der Waals surface area contributed by atoms with E-state index in [0.717, 1.165) is 17.6 Å². The lowest BCUT2D eigenvalue weighted by Crippen LogP contribution is -2.52. The summed E-state index contributed by atoms with van der Waals surface area (Å²) in [6.45, 7) is 4.42. The molecule has 2 fully saturated rings. The molecule has 2 aliphatic heterocycles. The Labute approximate surface area is 166 Å². The van der Waals surface area contributed by atoms with Crippen molar-refractivity contribution in [2.24, 2.45) is 5.92 Å². The van der Waals surface area contributed by atoms with E-state index in [-0.39, 0.29) is 5.91 Å². The highest BCUT2D eigenvalue weighted by Gasteiger charge is 2.34. The van der Waals surface area contributed by atoms with Crippen molar-refractivity contribution in [2.75, 3.05) is 39.9 Å². The van der Waals surface area contributed by atoms with E-state index >= 15 is 0 Å². The van der Waals surface area contributed by atoms with Crippen molar-refractivity contribution in [2.45, 2.75) is 38.1 Å². The summed E-state index contributed by atoms with van der Waals surface area (Å²) >= 11 is 0. The number of hydrogen-bond acceptors (Lipinski definition) is 5. The summed E-state index contributed by atoms with van der Waals surface area (Å²) < 4.78 is 5.30. The standard InChI is InChI=1S/C22H30N4O2/c1-28-14-13-26(16-18-5-4-12-25-11-3-2-6-21(18)25)22(27)17-7-8-19-20(15-17)24-10-9-23-19/h7-10,15,18,21H,2-6,11-14,16H2,1H3/t18-,21+/m0/s1. The number of carbonyl (C=O) groups excluding carboxylic acids is 1. The normalized spacial score (nSPS) is 22.8. The molecule has 2 aromatic rings. The minimum absolute atomic E-state index is 0.0672. The topological polar surface area (TPSA) is 58.6 Å². The minimum Gasteiger partial charge on any atom is -0.383 e. The summed E-state index contributed by atoms with van der Waals surface area (Å²) in [5.74, 6) is 0.618. The van der Waals surface area contributed by atoms with Crippen LogP contribution >= 0.6 is 0 Å². The van der Waals surface area contributed by atoms with Gasteiger partial charge in [-0.25, -0.2) is 0 Å². The van der Waals surface area contributed by atoms with Crippen LogP contribution in [0.2, 0.25) is 0 Å². The van der Waals surface area contributed by atoms with Crippen LogP contribution in [0.4, 0.5) is 0 Å². The van der Waals surface area contributed by atoms with Gasteiger partial charge in [-0.1, -0.05) is 6.42 Å². The van der Waals surface area contributed by atoms with E-state index < -0.39 is 0 Å². The van der Waals surface area contributed by atoms with Crippen LogP contribution in [0, 0.1) is 5.92 Å². The van der Waals surface area contributed by atoms with Gasteiger partial charge in [0.2, 0.25) is 0 Å². The zero-order valence-corrected chi connectivity index (χ0v) is 16.7. The van der Waals surface area contributed by atoms with Crippen molar-refractivity contribution in [3.05, 3.63) is 36.2 Å². The van der Waals surface area contributed by atoms with E-state index in [1.807, 2.05) is 23.1 Å². The average Bonchev–Trinajstić information content (AvgIpc) is 2.76. The number of amides is 1. The first-order valence-electron chi connectivity index (χ1n) is 10.5. The quantitative estimate of drug-likeness (QED) is 0.769. The van der Waals surface area contributed by atoms with Gasteiger partial charge in [-0.15, -0.1) is 0 Å². The fraction of sp³-hybridized carbons (Fsp3) is 0.591. The number of fused-ring (bicyclic) bond motifs is 2. The maximum absolute atomic E-state index is 13.3. The Hall–Kier alpha value is -2.05. The molecule has 2 aliphatic rings. The van der Waals surface area contributed by atoms with Crippen LogP contribution in [0.15, 0.2) is 30.6 Å². The van der Waals surface area contributed by atoms with Gasteiger partial charge >= 0.3 is 0 Å². The number of rotatable bonds is 6. The Bertz CT molecular complexity index is 810. The lowest BCUT2D eigenvalue weighted by molar-refractivity contribution is 0.0315. The molecule has 0 N–H and O–H groups in total. The fourth-order valence-corrected chi connectivity index (χ4v) is 4.83. The maximum atomic E-state index is 13.3. The molecule has 0 bridgehead atoms. The average molecular weight is 383 g/mol. The van der Waals surface area contributed by atoms with Crippen molar-refractivity contribution in [3.63, 3.8) is 0 Å². The summed E-state index contributed by atoms with van der Waals surface area (Å²) in [7, 11) is 1.69. The van der Waals surface area contributed by atoms with Crippen LogP contribution < -0.4 is 0 Å². The first-order chi connectivity index (χ1) is 13.8. The number of carbonyl (C=O) groups is 1. The van der Waals surface area contributed by atoms with Crippen molar-refractivity contribution in [3.8, 4) is 0 Å². The molecule has 6 heteroatoms. The van der Waals surface area contributed by atoms with E-state index in [1.165, 1.54) is 45.2 Å². The molecule has 0 radical (unpaired) electrons. The molecule has 0 saturated carbocycles. The summed E-state index contributed by atoms with van der Waals surface area (Å²) in [5, 5.41) is 0. The largest absolute Gasteiger partial charge is 0.383 e. The van der Waals surface area contributed by atoms with Crippen LogP contribution in [-0.2, 0) is 4.74 Å². The maximum Gasteiger partial charge on any atom is 0.254 e. The molecule has 0 unspecified atom stereocenters. The Morgan fingerprint density at radius 1 is 1.14 bits per heavy atom. The summed E-state index contributed by atoms with van der Waals surface area (Å²) in [4.78, 5) is 26.6. The highest BCUT2D eigenvalue weighted by Crippen LogP contribution is 2.31. The van der Waals surface area contributed by atoms with Crippen molar-refractivity contribution in [1.82, 2.24) is 19.8 Å². The van der Waals surface area contributed by atoms with Gasteiger partial charge in [-0.05, 0) is 62.9 Å². The van der Waals surface area contributed by atoms with Gasteiger partial charge in [0.25, 0.3) is 5.91 Å². The van der Waals surface area contributed by atoms with Gasteiger partial charge < -0.3 is 14.5 Å². The third-order valence-corrected chi connectivity index (χ3v) is 6.25. The van der Waals surface area contributed by atoms with Gasteiger partial charge in [0.15, 0.2) is 0 Å². The van der Waals surface area contributed by atoms with Crippen molar-refractivity contribution >= 4 is 16.9 Å². The third-order valence-electron chi connectivity index (χ3n) is 6.25. The van der Waals surface area contributed by atoms with Crippen molar-refractivity contribution in [1.29, 1.82) is 0 Å². The predicted octanol–water partition coefficient (Wildman–Crippen LogP) is 2.98. The first kappa shape index (κ1) is 19.3. The lowest BCUT2D eigenvalue weighted by atomic mass is 9.83. The number of ether oxygens (including phenoxy) is 1. The fourth-order valence-electron chi connectivity index (χ4n) is 4.83. The molecule has 4 rings (SSSR count). The number of piperidine rings is 2. The van der Waals surface area contributed by atoms with Crippen LogP contribution in [0.1, 0.15) is 42.5 Å². The molecule has 0 spiro atoms. The van der Waals surface area contributed by atoms with Gasteiger partial charge in [-0.3, -0.25) is 14.8 Å². The number of benzene rings is 1. The summed E-state index contributed by atoms with van der Waals surface area (Å²) in [5.41, 5.74) is 2.25. The van der Waals surface area contributed by atoms with E-state index in [4.69, 9.17) is 4.74 Å². The molecule has 0 aliphatic carbocycles. The van der Waals surface area contributed by atoms with E-state index in [1.54, 1.807) is 19.5 Å². The molecular weight excluding hydrogens is 352 g/mol. The number of nitrogens with zero attached hydrogens (tertiary/aromatic N) is 4. The minimum atomic E-state index is 0.0672. The summed E-state index contributed by atoms with van der Waals surface area (Å²) in [6.07, 6.45) is 9.68. The van der Waals surface area contributed by atoms with Gasteiger partial charge in [0.1, 0.15) is 0 Å². The van der Waals surface area contributed by atoms with Gasteiger partial charge in [0.05, 0.1) is 17.6 Å². The first-order valence-corrected chi connectivity index (χ1v) is 10.5. The molecule has 1 aromatic carbocycles. The smallest absolute Gasteiger partial charge is 0.254 e. The second-order valence-corrected chi connectivity index (χ2v) is 8.01. The number of aromatic nitrogens is 2. The molecule has 2 atom stereocenters. The van der Waals surface area contributed by atoms with Crippen LogP contribution in [0.3, 0.4) is 0 Å². The van der Waals surface area contributed by atoms with Crippen LogP contribution in [0.25, 0.3) is 11.0 Å². The molecule has 28 heavy (non-hydrogen) atoms. The second kappa shape index (κ2) is 8.97. The molecule has 2 saturated heterocycles. The monoisotopic (exact) mass is 382 g/mol. The van der Waals surface area contributed by atoms with Crippen molar-refractivity contribution < 1.29 is 9.53 Å². The van der Waals surface area contributed by atoms with E-state index in [0.29, 0.717) is 30.7 Å². The highest BCUT2D eigenvalue weighted by molar-refractivity contribution is 5.97. The predicted molar refractivity (Wildman–Crippen MR) is 109 cm³/mol.